The molecular weight excluding hydrogens is 407 g/mol. The summed E-state index contributed by atoms with van der Waals surface area (Å²) < 4.78 is 56.0. The van der Waals surface area contributed by atoms with E-state index >= 15 is 0 Å². The van der Waals surface area contributed by atoms with Gasteiger partial charge in [-0.05, 0) is 48.5 Å². The molecule has 0 bridgehead atoms. The van der Waals surface area contributed by atoms with Gasteiger partial charge in [-0.25, -0.2) is 4.99 Å². The number of ether oxygens (including phenoxy) is 2. The van der Waals surface area contributed by atoms with Gasteiger partial charge in [0.25, 0.3) is 0 Å². The fourth-order valence-corrected chi connectivity index (χ4v) is 3.23. The summed E-state index contributed by atoms with van der Waals surface area (Å²) in [7, 11) is 3.08. The molecule has 0 saturated carbocycles. The summed E-state index contributed by atoms with van der Waals surface area (Å²) in [6.45, 7) is 0. The minimum atomic E-state index is -4.44. The standard InChI is InChI=1S/C24H18F3NO3/c1-29-21-11-10-15(12-23(21)30-2)22-14-19(18-8-3-4-9-20(18)31-22)28-17-7-5-6-16(13-17)24(25,26)27/h3-14H,1-2H3. The average Bonchev–Trinajstić information content (AvgIpc) is 2.78. The number of halogens is 3. The summed E-state index contributed by atoms with van der Waals surface area (Å²) in [5, 5.41) is 1.18. The Bertz CT molecular complexity index is 1310. The minimum Gasteiger partial charge on any atom is -0.493 e. The van der Waals surface area contributed by atoms with Gasteiger partial charge in [-0.15, -0.1) is 0 Å². The van der Waals surface area contributed by atoms with Gasteiger partial charge in [0.15, 0.2) is 11.5 Å². The van der Waals surface area contributed by atoms with Crippen LogP contribution in [-0.4, -0.2) is 14.2 Å². The molecule has 0 N–H and O–H groups in total. The molecule has 0 amide bonds. The largest absolute Gasteiger partial charge is 0.493 e. The van der Waals surface area contributed by atoms with Gasteiger partial charge in [0.2, 0.25) is 0 Å². The maximum Gasteiger partial charge on any atom is 0.416 e. The third-order valence-corrected chi connectivity index (χ3v) is 4.74. The van der Waals surface area contributed by atoms with Crippen molar-refractivity contribution in [2.45, 2.75) is 6.18 Å². The van der Waals surface area contributed by atoms with Gasteiger partial charge in [0.05, 0.1) is 30.8 Å². The van der Waals surface area contributed by atoms with Crippen LogP contribution in [0.3, 0.4) is 0 Å². The zero-order valence-electron chi connectivity index (χ0n) is 16.7. The maximum absolute atomic E-state index is 13.1. The molecule has 7 heteroatoms. The second kappa shape index (κ2) is 8.18. The van der Waals surface area contributed by atoms with E-state index in [4.69, 9.17) is 13.9 Å². The van der Waals surface area contributed by atoms with Crippen LogP contribution in [0.1, 0.15) is 5.56 Å². The molecule has 158 valence electrons. The van der Waals surface area contributed by atoms with Crippen LogP contribution in [0.25, 0.3) is 22.3 Å². The lowest BCUT2D eigenvalue weighted by molar-refractivity contribution is -0.137. The summed E-state index contributed by atoms with van der Waals surface area (Å²) in [5.74, 6) is 1.59. The van der Waals surface area contributed by atoms with Crippen molar-refractivity contribution >= 4 is 16.7 Å². The molecule has 4 nitrogen and oxygen atoms in total. The van der Waals surface area contributed by atoms with Crippen LogP contribution in [0.15, 0.2) is 82.2 Å². The van der Waals surface area contributed by atoms with E-state index < -0.39 is 11.7 Å². The minimum absolute atomic E-state index is 0.199. The second-order valence-corrected chi connectivity index (χ2v) is 6.72. The van der Waals surface area contributed by atoms with E-state index in [2.05, 4.69) is 4.99 Å². The van der Waals surface area contributed by atoms with Crippen LogP contribution in [0.2, 0.25) is 0 Å². The van der Waals surface area contributed by atoms with Crippen molar-refractivity contribution in [2.75, 3.05) is 14.2 Å². The third kappa shape index (κ3) is 4.26. The number of nitrogens with zero attached hydrogens (tertiary/aromatic N) is 1. The number of hydrogen-bond donors (Lipinski definition) is 0. The Balaban J connectivity index is 1.92. The SMILES string of the molecule is COc1ccc(-c2cc(=Nc3cccc(C(F)(F)F)c3)c3ccccc3o2)cc1OC. The van der Waals surface area contributed by atoms with Gasteiger partial charge in [-0.1, -0.05) is 18.2 Å². The highest BCUT2D eigenvalue weighted by Gasteiger charge is 2.30. The Labute approximate surface area is 176 Å². The lowest BCUT2D eigenvalue weighted by Gasteiger charge is -2.10. The summed E-state index contributed by atoms with van der Waals surface area (Å²) in [6, 6.07) is 19.2. The highest BCUT2D eigenvalue weighted by molar-refractivity contribution is 5.79. The molecule has 0 aliphatic heterocycles. The van der Waals surface area contributed by atoms with Gasteiger partial charge in [0, 0.05) is 17.0 Å². The molecule has 0 aliphatic rings. The molecule has 0 spiro atoms. The zero-order valence-corrected chi connectivity index (χ0v) is 16.7. The number of para-hydroxylation sites is 1. The summed E-state index contributed by atoms with van der Waals surface area (Å²) in [4.78, 5) is 4.49. The Hall–Kier alpha value is -3.74. The van der Waals surface area contributed by atoms with Crippen LogP contribution < -0.4 is 14.8 Å². The first-order valence-electron chi connectivity index (χ1n) is 9.36. The maximum atomic E-state index is 13.1. The molecule has 0 radical (unpaired) electrons. The summed E-state index contributed by atoms with van der Waals surface area (Å²) in [6.07, 6.45) is -4.44. The number of rotatable bonds is 4. The van der Waals surface area contributed by atoms with Gasteiger partial charge in [0.1, 0.15) is 11.3 Å². The molecule has 0 unspecified atom stereocenters. The predicted molar refractivity (Wildman–Crippen MR) is 111 cm³/mol. The number of fused-ring (bicyclic) bond motifs is 1. The van der Waals surface area contributed by atoms with Crippen LogP contribution in [0.4, 0.5) is 18.9 Å². The first-order valence-corrected chi connectivity index (χ1v) is 9.36. The lowest BCUT2D eigenvalue weighted by atomic mass is 10.1. The number of benzene rings is 3. The van der Waals surface area contributed by atoms with Crippen molar-refractivity contribution < 1.29 is 27.1 Å². The monoisotopic (exact) mass is 425 g/mol. The molecule has 31 heavy (non-hydrogen) atoms. The predicted octanol–water partition coefficient (Wildman–Crippen LogP) is 6.37. The van der Waals surface area contributed by atoms with Crippen LogP contribution in [0, 0.1) is 0 Å². The van der Waals surface area contributed by atoms with E-state index in [0.29, 0.717) is 39.1 Å². The van der Waals surface area contributed by atoms with Gasteiger partial charge in [-0.2, -0.15) is 13.2 Å². The lowest BCUT2D eigenvalue weighted by Crippen LogP contribution is -2.05. The Morgan fingerprint density at radius 3 is 2.32 bits per heavy atom. The topological polar surface area (TPSA) is 44.0 Å². The fourth-order valence-electron chi connectivity index (χ4n) is 3.23. The second-order valence-electron chi connectivity index (χ2n) is 6.72. The van der Waals surface area contributed by atoms with Gasteiger partial charge < -0.3 is 13.9 Å². The average molecular weight is 425 g/mol. The van der Waals surface area contributed by atoms with Crippen molar-refractivity contribution in [1.29, 1.82) is 0 Å². The molecule has 0 atom stereocenters. The molecule has 4 aromatic rings. The molecule has 0 fully saturated rings. The van der Waals surface area contributed by atoms with E-state index in [1.54, 1.807) is 31.4 Å². The van der Waals surface area contributed by atoms with Crippen LogP contribution in [0.5, 0.6) is 11.5 Å². The summed E-state index contributed by atoms with van der Waals surface area (Å²) >= 11 is 0. The van der Waals surface area contributed by atoms with E-state index in [0.717, 1.165) is 12.1 Å². The smallest absolute Gasteiger partial charge is 0.416 e. The van der Waals surface area contributed by atoms with Crippen molar-refractivity contribution in [3.05, 3.63) is 83.7 Å². The molecule has 4 rings (SSSR count). The normalized spacial score (nSPS) is 12.2. The van der Waals surface area contributed by atoms with E-state index in [9.17, 15) is 13.2 Å². The molecule has 3 aromatic carbocycles. The molecule has 0 saturated heterocycles. The van der Waals surface area contributed by atoms with Gasteiger partial charge >= 0.3 is 6.18 Å². The van der Waals surface area contributed by atoms with E-state index in [1.165, 1.54) is 19.2 Å². The highest BCUT2D eigenvalue weighted by Crippen LogP contribution is 2.33. The van der Waals surface area contributed by atoms with Crippen molar-refractivity contribution in [3.8, 4) is 22.8 Å². The highest BCUT2D eigenvalue weighted by atomic mass is 19.4. The Morgan fingerprint density at radius 2 is 1.58 bits per heavy atom. The first-order chi connectivity index (χ1) is 14.9. The molecule has 1 heterocycles. The fraction of sp³-hybridized carbons (Fsp3) is 0.125. The molecular formula is C24H18F3NO3. The number of alkyl halides is 3. The Kier molecular flexibility index (Phi) is 5.42. The van der Waals surface area contributed by atoms with Crippen LogP contribution >= 0.6 is 0 Å². The van der Waals surface area contributed by atoms with Crippen molar-refractivity contribution in [1.82, 2.24) is 0 Å². The molecule has 1 aromatic heterocycles. The van der Waals surface area contributed by atoms with E-state index in [1.807, 2.05) is 24.3 Å². The third-order valence-electron chi connectivity index (χ3n) is 4.74. The van der Waals surface area contributed by atoms with Crippen LogP contribution in [-0.2, 0) is 6.18 Å². The zero-order chi connectivity index (χ0) is 22.0. The van der Waals surface area contributed by atoms with Crippen molar-refractivity contribution in [2.24, 2.45) is 4.99 Å². The first kappa shape index (κ1) is 20.5. The van der Waals surface area contributed by atoms with Crippen molar-refractivity contribution in [3.63, 3.8) is 0 Å². The summed E-state index contributed by atoms with van der Waals surface area (Å²) in [5.41, 5.74) is 0.715. The van der Waals surface area contributed by atoms with Gasteiger partial charge in [-0.3, -0.25) is 0 Å². The number of hydrogen-bond acceptors (Lipinski definition) is 4. The Morgan fingerprint density at radius 1 is 0.806 bits per heavy atom. The van der Waals surface area contributed by atoms with E-state index in [-0.39, 0.29) is 5.69 Å². The quantitative estimate of drug-likeness (QED) is 0.382. The molecule has 0 aliphatic carbocycles. The number of methoxy groups -OCH3 is 2.